The molecule has 1 aliphatic heterocycles. The predicted octanol–water partition coefficient (Wildman–Crippen LogP) is 2.29. The number of hydrogen-bond donors (Lipinski definition) is 0. The summed E-state index contributed by atoms with van der Waals surface area (Å²) in [6.07, 6.45) is 5.77. The van der Waals surface area contributed by atoms with E-state index in [4.69, 9.17) is 0 Å². The first-order valence-corrected chi connectivity index (χ1v) is 8.64. The van der Waals surface area contributed by atoms with Crippen LogP contribution in [0.3, 0.4) is 0 Å². The van der Waals surface area contributed by atoms with Gasteiger partial charge in [0.1, 0.15) is 0 Å². The summed E-state index contributed by atoms with van der Waals surface area (Å²) in [6, 6.07) is 0.966. The molecule has 1 saturated heterocycles. The molecule has 1 fully saturated rings. The normalized spacial score (nSPS) is 22.5. The van der Waals surface area contributed by atoms with Gasteiger partial charge in [0.05, 0.1) is 32.3 Å². The fourth-order valence-electron chi connectivity index (χ4n) is 3.06. The summed E-state index contributed by atoms with van der Waals surface area (Å²) < 4.78 is 33.4. The van der Waals surface area contributed by atoms with Gasteiger partial charge in [-0.2, -0.15) is 0 Å². The molecule has 1 atom stereocenters. The second kappa shape index (κ2) is 8.89. The van der Waals surface area contributed by atoms with Gasteiger partial charge in [-0.05, 0) is 46.5 Å². The van der Waals surface area contributed by atoms with Gasteiger partial charge in [0.25, 0.3) is 0 Å². The predicted molar refractivity (Wildman–Crippen MR) is 75.5 cm³/mol. The van der Waals surface area contributed by atoms with Gasteiger partial charge >= 0.3 is 0 Å². The summed E-state index contributed by atoms with van der Waals surface area (Å²) in [5.41, 5.74) is 0. The third-order valence-corrected chi connectivity index (χ3v) is 4.68. The zero-order valence-corrected chi connectivity index (χ0v) is 13.5. The molecule has 0 amide bonds. The van der Waals surface area contributed by atoms with E-state index in [1.54, 1.807) is 0 Å². The van der Waals surface area contributed by atoms with Crippen molar-refractivity contribution in [1.29, 1.82) is 0 Å². The van der Waals surface area contributed by atoms with Crippen molar-refractivity contribution in [2.75, 3.05) is 26.2 Å². The smallest absolute Gasteiger partial charge is 0.217 e. The van der Waals surface area contributed by atoms with Crippen LogP contribution in [0.5, 0.6) is 0 Å². The molecular weight excluding hydrogens is 266 g/mol. The van der Waals surface area contributed by atoms with Crippen LogP contribution in [0.15, 0.2) is 0 Å². The number of hydrogen-bond acceptors (Lipinski definition) is 4. The average molecular weight is 295 g/mol. The standard InChI is InChI=1S/C11H24N.C2H6O4S/c1-4-11-9-7-8-10-12(11,5-2)6-3;1-2-6-7(3,4)5/h11H,4-10H2,1-3H3;2H2,1H3,(H,3,4,5)/q+1;/p-1. The summed E-state index contributed by atoms with van der Waals surface area (Å²) in [5.74, 6) is 0. The van der Waals surface area contributed by atoms with E-state index in [2.05, 4.69) is 25.0 Å². The molecule has 6 heteroatoms. The van der Waals surface area contributed by atoms with Gasteiger partial charge < -0.3 is 9.04 Å². The third-order valence-electron chi connectivity index (χ3n) is 4.16. The lowest BCUT2D eigenvalue weighted by Crippen LogP contribution is -2.57. The molecule has 0 aromatic rings. The number of rotatable bonds is 5. The Balaban J connectivity index is 0.000000399. The van der Waals surface area contributed by atoms with Crippen LogP contribution in [0.1, 0.15) is 53.4 Å². The largest absolute Gasteiger partial charge is 0.726 e. The Morgan fingerprint density at radius 3 is 2.00 bits per heavy atom. The topological polar surface area (TPSA) is 66.4 Å². The van der Waals surface area contributed by atoms with E-state index in [9.17, 15) is 13.0 Å². The molecule has 0 spiro atoms. The zero-order chi connectivity index (χ0) is 14.9. The Morgan fingerprint density at radius 1 is 1.16 bits per heavy atom. The molecule has 0 aromatic heterocycles. The van der Waals surface area contributed by atoms with E-state index >= 15 is 0 Å². The van der Waals surface area contributed by atoms with Crippen LogP contribution in [0, 0.1) is 0 Å². The molecule has 1 aliphatic rings. The summed E-state index contributed by atoms with van der Waals surface area (Å²) in [6.45, 7) is 12.5. The number of nitrogens with zero attached hydrogens (tertiary/aromatic N) is 1. The van der Waals surface area contributed by atoms with Crippen molar-refractivity contribution in [1.82, 2.24) is 0 Å². The van der Waals surface area contributed by atoms with E-state index in [1.165, 1.54) is 56.7 Å². The lowest BCUT2D eigenvalue weighted by Gasteiger charge is -2.46. The minimum absolute atomic E-state index is 0.0914. The quantitative estimate of drug-likeness (QED) is 0.443. The van der Waals surface area contributed by atoms with E-state index in [1.807, 2.05) is 0 Å². The fraction of sp³-hybridized carbons (Fsp3) is 1.00. The monoisotopic (exact) mass is 295 g/mol. The van der Waals surface area contributed by atoms with Crippen molar-refractivity contribution < 1.29 is 21.6 Å². The van der Waals surface area contributed by atoms with Crippen LogP contribution in [0.25, 0.3) is 0 Å². The van der Waals surface area contributed by atoms with Crippen molar-refractivity contribution in [2.24, 2.45) is 0 Å². The van der Waals surface area contributed by atoms with Gasteiger partial charge in [-0.25, -0.2) is 8.42 Å². The maximum atomic E-state index is 9.45. The van der Waals surface area contributed by atoms with Gasteiger partial charge in [0, 0.05) is 0 Å². The van der Waals surface area contributed by atoms with Gasteiger partial charge in [-0.1, -0.05) is 6.92 Å². The minimum Gasteiger partial charge on any atom is -0.726 e. The second-order valence-corrected chi connectivity index (χ2v) is 6.00. The molecule has 0 aliphatic carbocycles. The van der Waals surface area contributed by atoms with Crippen LogP contribution in [0.4, 0.5) is 0 Å². The number of quaternary nitrogens is 1. The van der Waals surface area contributed by atoms with Gasteiger partial charge in [0.15, 0.2) is 0 Å². The highest BCUT2D eigenvalue weighted by Crippen LogP contribution is 2.27. The molecule has 0 radical (unpaired) electrons. The second-order valence-electron chi connectivity index (χ2n) is 4.95. The molecular formula is C13H29NO4S. The molecule has 1 rings (SSSR count). The Kier molecular flexibility index (Phi) is 8.81. The third kappa shape index (κ3) is 6.70. The van der Waals surface area contributed by atoms with E-state index in [0.717, 1.165) is 6.04 Å². The summed E-state index contributed by atoms with van der Waals surface area (Å²) in [7, 11) is -4.42. The molecule has 1 heterocycles. The molecule has 0 saturated carbocycles. The maximum Gasteiger partial charge on any atom is 0.217 e. The summed E-state index contributed by atoms with van der Waals surface area (Å²) >= 11 is 0. The molecule has 0 aromatic carbocycles. The average Bonchev–Trinajstić information content (AvgIpc) is 2.37. The van der Waals surface area contributed by atoms with E-state index in [-0.39, 0.29) is 6.61 Å². The van der Waals surface area contributed by atoms with Crippen LogP contribution in [-0.4, -0.2) is 49.7 Å². The molecule has 0 bridgehead atoms. The maximum absolute atomic E-state index is 9.45. The van der Waals surface area contributed by atoms with Crippen molar-refractivity contribution in [3.63, 3.8) is 0 Å². The molecule has 5 nitrogen and oxygen atoms in total. The lowest BCUT2D eigenvalue weighted by molar-refractivity contribution is -0.953. The fourth-order valence-corrected chi connectivity index (χ4v) is 3.34. The first-order chi connectivity index (χ1) is 8.85. The first-order valence-electron chi connectivity index (χ1n) is 7.31. The van der Waals surface area contributed by atoms with Crippen LogP contribution >= 0.6 is 0 Å². The lowest BCUT2D eigenvalue weighted by atomic mass is 9.96. The Morgan fingerprint density at radius 2 is 1.74 bits per heavy atom. The van der Waals surface area contributed by atoms with Crippen LogP contribution in [-0.2, 0) is 14.6 Å². The van der Waals surface area contributed by atoms with Crippen molar-refractivity contribution in [3.8, 4) is 0 Å². The van der Waals surface area contributed by atoms with Gasteiger partial charge in [0.2, 0.25) is 10.4 Å². The van der Waals surface area contributed by atoms with Crippen molar-refractivity contribution in [2.45, 2.75) is 59.4 Å². The van der Waals surface area contributed by atoms with Crippen molar-refractivity contribution in [3.05, 3.63) is 0 Å². The highest BCUT2D eigenvalue weighted by Gasteiger charge is 2.34. The van der Waals surface area contributed by atoms with Crippen LogP contribution < -0.4 is 0 Å². The Labute approximate surface area is 118 Å². The zero-order valence-electron chi connectivity index (χ0n) is 12.7. The van der Waals surface area contributed by atoms with Crippen molar-refractivity contribution >= 4 is 10.4 Å². The highest BCUT2D eigenvalue weighted by molar-refractivity contribution is 7.80. The molecule has 116 valence electrons. The van der Waals surface area contributed by atoms with E-state index < -0.39 is 10.4 Å². The number of likely N-dealkylation sites (tertiary alicyclic amines) is 1. The Bertz CT molecular complexity index is 326. The van der Waals surface area contributed by atoms with Gasteiger partial charge in [-0.3, -0.25) is 4.18 Å². The highest BCUT2D eigenvalue weighted by atomic mass is 32.3. The molecule has 0 N–H and O–H groups in total. The minimum atomic E-state index is -4.42. The molecule has 1 unspecified atom stereocenters. The Hall–Kier alpha value is -0.170. The summed E-state index contributed by atoms with van der Waals surface area (Å²) in [5, 5.41) is 0. The SMILES string of the molecule is CCC1CCCC[N+]1(CC)CC.CCOS(=O)(=O)[O-]. The van der Waals surface area contributed by atoms with Crippen LogP contribution in [0.2, 0.25) is 0 Å². The summed E-state index contributed by atoms with van der Waals surface area (Å²) in [4.78, 5) is 0. The van der Waals surface area contributed by atoms with Gasteiger partial charge in [-0.15, -0.1) is 0 Å². The molecule has 19 heavy (non-hydrogen) atoms. The number of piperidine rings is 1. The van der Waals surface area contributed by atoms with E-state index in [0.29, 0.717) is 0 Å². The first kappa shape index (κ1) is 18.8.